The van der Waals surface area contributed by atoms with Crippen molar-refractivity contribution < 1.29 is 0 Å². The van der Waals surface area contributed by atoms with Gasteiger partial charge in [-0.25, -0.2) is 0 Å². The summed E-state index contributed by atoms with van der Waals surface area (Å²) in [6.07, 6.45) is 4.89. The fourth-order valence-electron chi connectivity index (χ4n) is 2.82. The first kappa shape index (κ1) is 13.0. The van der Waals surface area contributed by atoms with Crippen molar-refractivity contribution in [3.8, 4) is 0 Å². The molecule has 0 saturated heterocycles. The molecule has 1 aliphatic rings. The second kappa shape index (κ2) is 5.17. The molecule has 2 heterocycles. The van der Waals surface area contributed by atoms with Gasteiger partial charge in [-0.05, 0) is 38.1 Å². The van der Waals surface area contributed by atoms with E-state index in [0.29, 0.717) is 17.8 Å². The van der Waals surface area contributed by atoms with Crippen LogP contribution >= 0.6 is 11.3 Å². The molecule has 1 fully saturated rings. The SMILES string of the molecule is CC(C)c1nnc2sc(C3CCC(CN)CC3)nn12. The first-order valence-electron chi connectivity index (χ1n) is 7.11. The van der Waals surface area contributed by atoms with Gasteiger partial charge >= 0.3 is 0 Å². The molecule has 3 rings (SSSR count). The smallest absolute Gasteiger partial charge is 0.234 e. The van der Waals surface area contributed by atoms with E-state index in [2.05, 4.69) is 24.0 Å². The number of fused-ring (bicyclic) bond motifs is 1. The van der Waals surface area contributed by atoms with Crippen molar-refractivity contribution in [3.63, 3.8) is 0 Å². The Kier molecular flexibility index (Phi) is 3.54. The van der Waals surface area contributed by atoms with Gasteiger partial charge in [0.25, 0.3) is 0 Å². The van der Waals surface area contributed by atoms with Gasteiger partial charge in [0.05, 0.1) is 0 Å². The highest BCUT2D eigenvalue weighted by Gasteiger charge is 2.25. The molecule has 6 heteroatoms. The molecule has 2 N–H and O–H groups in total. The lowest BCUT2D eigenvalue weighted by molar-refractivity contribution is 0.331. The highest BCUT2D eigenvalue weighted by molar-refractivity contribution is 7.16. The molecule has 0 spiro atoms. The summed E-state index contributed by atoms with van der Waals surface area (Å²) in [5.74, 6) is 2.63. The molecule has 1 aliphatic carbocycles. The molecule has 1 saturated carbocycles. The van der Waals surface area contributed by atoms with Gasteiger partial charge in [-0.1, -0.05) is 25.2 Å². The van der Waals surface area contributed by atoms with Crippen molar-refractivity contribution in [2.75, 3.05) is 6.54 Å². The lowest BCUT2D eigenvalue weighted by atomic mass is 9.82. The van der Waals surface area contributed by atoms with Crippen LogP contribution in [0, 0.1) is 5.92 Å². The zero-order valence-electron chi connectivity index (χ0n) is 11.5. The average molecular weight is 279 g/mol. The normalized spacial score (nSPS) is 24.4. The van der Waals surface area contributed by atoms with Crippen molar-refractivity contribution in [3.05, 3.63) is 10.8 Å². The van der Waals surface area contributed by atoms with Crippen molar-refractivity contribution in [1.29, 1.82) is 0 Å². The molecule has 0 aromatic carbocycles. The lowest BCUT2D eigenvalue weighted by Gasteiger charge is -2.25. The largest absolute Gasteiger partial charge is 0.330 e. The number of nitrogens with two attached hydrogens (primary N) is 1. The fraction of sp³-hybridized carbons (Fsp3) is 0.769. The minimum absolute atomic E-state index is 0.359. The fourth-order valence-corrected chi connectivity index (χ4v) is 3.83. The van der Waals surface area contributed by atoms with Gasteiger partial charge in [-0.3, -0.25) is 0 Å². The molecular weight excluding hydrogens is 258 g/mol. The van der Waals surface area contributed by atoms with E-state index in [1.54, 1.807) is 11.3 Å². The van der Waals surface area contributed by atoms with Crippen LogP contribution in [0.15, 0.2) is 0 Å². The van der Waals surface area contributed by atoms with Crippen LogP contribution in [0.25, 0.3) is 4.96 Å². The Morgan fingerprint density at radius 1 is 1.26 bits per heavy atom. The highest BCUT2D eigenvalue weighted by Crippen LogP contribution is 2.37. The lowest BCUT2D eigenvalue weighted by Crippen LogP contribution is -2.20. The van der Waals surface area contributed by atoms with Gasteiger partial charge in [0.1, 0.15) is 5.01 Å². The Hall–Kier alpha value is -1.01. The Morgan fingerprint density at radius 2 is 2.00 bits per heavy atom. The summed E-state index contributed by atoms with van der Waals surface area (Å²) in [5, 5.41) is 14.4. The molecular formula is C13H21N5S. The van der Waals surface area contributed by atoms with E-state index >= 15 is 0 Å². The van der Waals surface area contributed by atoms with Crippen LogP contribution in [-0.4, -0.2) is 26.4 Å². The topological polar surface area (TPSA) is 69.1 Å². The van der Waals surface area contributed by atoms with Crippen LogP contribution in [0.1, 0.15) is 62.2 Å². The Bertz CT molecular complexity index is 550. The number of hydrogen-bond acceptors (Lipinski definition) is 5. The van der Waals surface area contributed by atoms with Crippen LogP contribution in [-0.2, 0) is 0 Å². The summed E-state index contributed by atoms with van der Waals surface area (Å²) >= 11 is 1.70. The monoisotopic (exact) mass is 279 g/mol. The van der Waals surface area contributed by atoms with E-state index in [1.165, 1.54) is 30.7 Å². The van der Waals surface area contributed by atoms with E-state index in [9.17, 15) is 0 Å². The predicted octanol–water partition coefficient (Wildman–Crippen LogP) is 2.54. The van der Waals surface area contributed by atoms with Gasteiger partial charge in [-0.2, -0.15) is 9.61 Å². The molecule has 5 nitrogen and oxygen atoms in total. The standard InChI is InChI=1S/C13H21N5S/c1-8(2)11-15-16-13-18(11)17-12(19-13)10-5-3-9(7-14)4-6-10/h8-10H,3-7,14H2,1-2H3. The predicted molar refractivity (Wildman–Crippen MR) is 76.5 cm³/mol. The van der Waals surface area contributed by atoms with Gasteiger partial charge in [0, 0.05) is 11.8 Å². The van der Waals surface area contributed by atoms with Crippen LogP contribution in [0.3, 0.4) is 0 Å². The molecule has 0 atom stereocenters. The third-order valence-electron chi connectivity index (χ3n) is 4.08. The van der Waals surface area contributed by atoms with Gasteiger partial charge in [0.15, 0.2) is 5.82 Å². The Balaban J connectivity index is 1.82. The molecule has 0 aliphatic heterocycles. The zero-order chi connectivity index (χ0) is 13.4. The molecule has 2 aromatic rings. The zero-order valence-corrected chi connectivity index (χ0v) is 12.4. The minimum Gasteiger partial charge on any atom is -0.330 e. The van der Waals surface area contributed by atoms with Crippen LogP contribution < -0.4 is 5.73 Å². The number of rotatable bonds is 3. The Morgan fingerprint density at radius 3 is 2.63 bits per heavy atom. The summed E-state index contributed by atoms with van der Waals surface area (Å²) in [5.41, 5.74) is 5.75. The summed E-state index contributed by atoms with van der Waals surface area (Å²) in [6, 6.07) is 0. The van der Waals surface area contributed by atoms with Gasteiger partial charge in [-0.15, -0.1) is 10.2 Å². The van der Waals surface area contributed by atoms with Crippen molar-refractivity contribution >= 4 is 16.3 Å². The quantitative estimate of drug-likeness (QED) is 0.937. The maximum Gasteiger partial charge on any atom is 0.234 e. The summed E-state index contributed by atoms with van der Waals surface area (Å²) in [4.78, 5) is 0.930. The van der Waals surface area contributed by atoms with E-state index in [-0.39, 0.29) is 0 Å². The van der Waals surface area contributed by atoms with Crippen LogP contribution in [0.5, 0.6) is 0 Å². The molecule has 0 bridgehead atoms. The average Bonchev–Trinajstić information content (AvgIpc) is 2.98. The summed E-state index contributed by atoms with van der Waals surface area (Å²) in [7, 11) is 0. The number of aromatic nitrogens is 4. The number of nitrogens with zero attached hydrogens (tertiary/aromatic N) is 4. The first-order chi connectivity index (χ1) is 9.19. The van der Waals surface area contributed by atoms with E-state index in [0.717, 1.165) is 17.3 Å². The van der Waals surface area contributed by atoms with Crippen LogP contribution in [0.2, 0.25) is 0 Å². The first-order valence-corrected chi connectivity index (χ1v) is 7.92. The molecule has 104 valence electrons. The van der Waals surface area contributed by atoms with Crippen molar-refractivity contribution in [1.82, 2.24) is 19.8 Å². The summed E-state index contributed by atoms with van der Waals surface area (Å²) in [6.45, 7) is 5.08. The van der Waals surface area contributed by atoms with E-state index < -0.39 is 0 Å². The van der Waals surface area contributed by atoms with E-state index in [4.69, 9.17) is 10.8 Å². The maximum atomic E-state index is 5.75. The van der Waals surface area contributed by atoms with Crippen molar-refractivity contribution in [2.45, 2.75) is 51.4 Å². The Labute approximate surface area is 117 Å². The summed E-state index contributed by atoms with van der Waals surface area (Å²) < 4.78 is 1.93. The van der Waals surface area contributed by atoms with Gasteiger partial charge in [0.2, 0.25) is 4.96 Å². The molecule has 0 amide bonds. The minimum atomic E-state index is 0.359. The maximum absolute atomic E-state index is 5.75. The van der Waals surface area contributed by atoms with E-state index in [1.807, 2.05) is 4.52 Å². The third kappa shape index (κ3) is 2.39. The molecule has 19 heavy (non-hydrogen) atoms. The molecule has 0 unspecified atom stereocenters. The highest BCUT2D eigenvalue weighted by atomic mass is 32.1. The van der Waals surface area contributed by atoms with Gasteiger partial charge < -0.3 is 5.73 Å². The molecule has 0 radical (unpaired) electrons. The molecule has 2 aromatic heterocycles. The second-order valence-corrected chi connectivity index (χ2v) is 6.79. The third-order valence-corrected chi connectivity index (χ3v) is 5.14. The second-order valence-electron chi connectivity index (χ2n) is 5.80. The number of hydrogen-bond donors (Lipinski definition) is 1. The van der Waals surface area contributed by atoms with Crippen molar-refractivity contribution in [2.24, 2.45) is 11.7 Å². The van der Waals surface area contributed by atoms with Crippen LogP contribution in [0.4, 0.5) is 0 Å².